The summed E-state index contributed by atoms with van der Waals surface area (Å²) < 4.78 is 5.72. The van der Waals surface area contributed by atoms with E-state index < -0.39 is 11.5 Å². The van der Waals surface area contributed by atoms with Crippen molar-refractivity contribution in [1.29, 1.82) is 0 Å². The van der Waals surface area contributed by atoms with Crippen LogP contribution in [0.4, 0.5) is 0 Å². The zero-order chi connectivity index (χ0) is 15.6. The summed E-state index contributed by atoms with van der Waals surface area (Å²) in [5.41, 5.74) is 4.49. The highest BCUT2D eigenvalue weighted by atomic mass is 16.5. The van der Waals surface area contributed by atoms with E-state index in [0.29, 0.717) is 29.4 Å². The number of amides is 1. The number of benzene rings is 2. The minimum atomic E-state index is -1.86. The number of carbonyl (C=O) groups excluding carboxylic acids is 1. The number of primary amides is 1. The van der Waals surface area contributed by atoms with E-state index in [9.17, 15) is 9.90 Å². The highest BCUT2D eigenvalue weighted by Gasteiger charge is 2.38. The zero-order valence-corrected chi connectivity index (χ0v) is 12.2. The Bertz CT molecular complexity index is 667. The molecule has 1 aliphatic carbocycles. The van der Waals surface area contributed by atoms with E-state index in [1.807, 2.05) is 12.1 Å². The van der Waals surface area contributed by atoms with Gasteiger partial charge in [0.15, 0.2) is 5.60 Å². The number of aliphatic hydroxyl groups is 1. The minimum absolute atomic E-state index is 0.416. The lowest BCUT2D eigenvalue weighted by molar-refractivity contribution is -0.133. The van der Waals surface area contributed by atoms with Gasteiger partial charge in [0.2, 0.25) is 0 Å². The number of rotatable bonds is 6. The van der Waals surface area contributed by atoms with Crippen LogP contribution in [-0.4, -0.2) is 17.6 Å². The monoisotopic (exact) mass is 297 g/mol. The van der Waals surface area contributed by atoms with E-state index in [1.54, 1.807) is 42.5 Å². The van der Waals surface area contributed by atoms with Gasteiger partial charge in [-0.1, -0.05) is 42.5 Å². The average Bonchev–Trinajstić information content (AvgIpc) is 3.37. The Morgan fingerprint density at radius 1 is 1.14 bits per heavy atom. The van der Waals surface area contributed by atoms with Gasteiger partial charge < -0.3 is 15.6 Å². The fraction of sp³-hybridized carbons (Fsp3) is 0.278. The first-order valence-corrected chi connectivity index (χ1v) is 7.42. The molecule has 1 amide bonds. The number of ether oxygens (including phenoxy) is 1. The average molecular weight is 297 g/mol. The Morgan fingerprint density at radius 3 is 2.45 bits per heavy atom. The van der Waals surface area contributed by atoms with E-state index in [4.69, 9.17) is 10.5 Å². The lowest BCUT2D eigenvalue weighted by Gasteiger charge is -2.26. The molecule has 0 radical (unpaired) electrons. The summed E-state index contributed by atoms with van der Waals surface area (Å²) in [5.74, 6) is 0.464. The molecule has 3 rings (SSSR count). The van der Waals surface area contributed by atoms with E-state index in [-0.39, 0.29) is 0 Å². The number of nitrogens with two attached hydrogens (primary N) is 1. The number of hydrogen-bond donors (Lipinski definition) is 2. The summed E-state index contributed by atoms with van der Waals surface area (Å²) >= 11 is 0. The van der Waals surface area contributed by atoms with Gasteiger partial charge in [0.25, 0.3) is 5.91 Å². The highest BCUT2D eigenvalue weighted by molar-refractivity contribution is 5.88. The molecule has 2 aromatic rings. The molecule has 1 fully saturated rings. The van der Waals surface area contributed by atoms with Crippen LogP contribution < -0.4 is 10.5 Å². The third-order valence-electron chi connectivity index (χ3n) is 3.98. The van der Waals surface area contributed by atoms with Crippen molar-refractivity contribution in [3.8, 4) is 5.75 Å². The molecule has 2 aromatic carbocycles. The Kier molecular flexibility index (Phi) is 3.86. The third kappa shape index (κ3) is 2.83. The van der Waals surface area contributed by atoms with Gasteiger partial charge in [0, 0.05) is 5.56 Å². The van der Waals surface area contributed by atoms with Crippen LogP contribution in [0, 0.1) is 5.92 Å². The molecule has 114 valence electrons. The van der Waals surface area contributed by atoms with Crippen molar-refractivity contribution in [2.45, 2.75) is 18.4 Å². The van der Waals surface area contributed by atoms with Gasteiger partial charge in [-0.3, -0.25) is 4.79 Å². The zero-order valence-electron chi connectivity index (χ0n) is 12.2. The molecule has 1 saturated carbocycles. The van der Waals surface area contributed by atoms with Crippen molar-refractivity contribution in [3.05, 3.63) is 65.7 Å². The molecule has 0 spiro atoms. The van der Waals surface area contributed by atoms with Crippen LogP contribution in [0.3, 0.4) is 0 Å². The standard InChI is InChI=1S/C18H19NO3/c19-17(20)18(21,14-5-2-1-3-6-14)15-7-4-8-16(11-15)22-12-13-9-10-13/h1-8,11,13,21H,9-10,12H2,(H2,19,20). The van der Waals surface area contributed by atoms with Gasteiger partial charge in [-0.05, 0) is 36.5 Å². The van der Waals surface area contributed by atoms with Crippen LogP contribution in [0.25, 0.3) is 0 Å². The fourth-order valence-corrected chi connectivity index (χ4v) is 2.44. The van der Waals surface area contributed by atoms with Crippen molar-refractivity contribution in [3.63, 3.8) is 0 Å². The first kappa shape index (κ1) is 14.6. The molecule has 3 N–H and O–H groups in total. The van der Waals surface area contributed by atoms with Crippen LogP contribution in [-0.2, 0) is 10.4 Å². The summed E-state index contributed by atoms with van der Waals surface area (Å²) in [7, 11) is 0. The Labute approximate surface area is 129 Å². The minimum Gasteiger partial charge on any atom is -0.493 e. The molecule has 0 saturated heterocycles. The van der Waals surface area contributed by atoms with Gasteiger partial charge in [0.1, 0.15) is 5.75 Å². The Hall–Kier alpha value is -2.33. The normalized spacial score (nSPS) is 16.8. The number of carbonyl (C=O) groups is 1. The summed E-state index contributed by atoms with van der Waals surface area (Å²) in [6.45, 7) is 0.670. The van der Waals surface area contributed by atoms with Gasteiger partial charge >= 0.3 is 0 Å². The number of hydrogen-bond acceptors (Lipinski definition) is 3. The maximum Gasteiger partial charge on any atom is 0.258 e. The van der Waals surface area contributed by atoms with Crippen LogP contribution in [0.2, 0.25) is 0 Å². The van der Waals surface area contributed by atoms with E-state index in [1.165, 1.54) is 12.8 Å². The van der Waals surface area contributed by atoms with E-state index in [0.717, 1.165) is 0 Å². The summed E-state index contributed by atoms with van der Waals surface area (Å²) in [4.78, 5) is 11.9. The molecule has 0 aliphatic heterocycles. The van der Waals surface area contributed by atoms with Crippen molar-refractivity contribution in [2.75, 3.05) is 6.61 Å². The predicted octanol–water partition coefficient (Wildman–Crippen LogP) is 2.20. The van der Waals surface area contributed by atoms with E-state index >= 15 is 0 Å². The predicted molar refractivity (Wildman–Crippen MR) is 83.3 cm³/mol. The van der Waals surface area contributed by atoms with E-state index in [2.05, 4.69) is 0 Å². The highest BCUT2D eigenvalue weighted by Crippen LogP contribution is 2.33. The van der Waals surface area contributed by atoms with Crippen molar-refractivity contribution >= 4 is 5.91 Å². The van der Waals surface area contributed by atoms with Crippen LogP contribution >= 0.6 is 0 Å². The smallest absolute Gasteiger partial charge is 0.258 e. The summed E-state index contributed by atoms with van der Waals surface area (Å²) in [6, 6.07) is 15.6. The quantitative estimate of drug-likeness (QED) is 0.858. The first-order chi connectivity index (χ1) is 10.6. The fourth-order valence-electron chi connectivity index (χ4n) is 2.44. The molecule has 1 unspecified atom stereocenters. The van der Waals surface area contributed by atoms with Gasteiger partial charge in [-0.15, -0.1) is 0 Å². The van der Waals surface area contributed by atoms with Crippen molar-refractivity contribution < 1.29 is 14.6 Å². The second-order valence-electron chi connectivity index (χ2n) is 5.72. The Balaban J connectivity index is 1.94. The molecule has 0 aromatic heterocycles. The van der Waals surface area contributed by atoms with Crippen LogP contribution in [0.15, 0.2) is 54.6 Å². The second-order valence-corrected chi connectivity index (χ2v) is 5.72. The van der Waals surface area contributed by atoms with Gasteiger partial charge in [-0.2, -0.15) is 0 Å². The van der Waals surface area contributed by atoms with Crippen LogP contribution in [0.5, 0.6) is 5.75 Å². The molecule has 4 nitrogen and oxygen atoms in total. The molecule has 22 heavy (non-hydrogen) atoms. The van der Waals surface area contributed by atoms with Crippen molar-refractivity contribution in [1.82, 2.24) is 0 Å². The maximum atomic E-state index is 11.9. The third-order valence-corrected chi connectivity index (χ3v) is 3.98. The van der Waals surface area contributed by atoms with Gasteiger partial charge in [0.05, 0.1) is 6.61 Å². The molecule has 1 atom stereocenters. The summed E-state index contributed by atoms with van der Waals surface area (Å²) in [6.07, 6.45) is 2.41. The molecule has 4 heteroatoms. The summed E-state index contributed by atoms with van der Waals surface area (Å²) in [5, 5.41) is 10.9. The maximum absolute atomic E-state index is 11.9. The lowest BCUT2D eigenvalue weighted by Crippen LogP contribution is -2.42. The molecule has 0 heterocycles. The second kappa shape index (κ2) is 5.81. The molecule has 1 aliphatic rings. The SMILES string of the molecule is NC(=O)C(O)(c1ccccc1)c1cccc(OCC2CC2)c1. The largest absolute Gasteiger partial charge is 0.493 e. The lowest BCUT2D eigenvalue weighted by atomic mass is 9.85. The molecular weight excluding hydrogens is 278 g/mol. The van der Waals surface area contributed by atoms with Crippen LogP contribution in [0.1, 0.15) is 24.0 Å². The molecule has 0 bridgehead atoms. The topological polar surface area (TPSA) is 72.6 Å². The van der Waals surface area contributed by atoms with Crippen molar-refractivity contribution in [2.24, 2.45) is 11.7 Å². The Morgan fingerprint density at radius 2 is 1.82 bits per heavy atom. The molecular formula is C18H19NO3. The first-order valence-electron chi connectivity index (χ1n) is 7.42. The van der Waals surface area contributed by atoms with Gasteiger partial charge in [-0.25, -0.2) is 0 Å².